The summed E-state index contributed by atoms with van der Waals surface area (Å²) in [6.07, 6.45) is 0.543. The van der Waals surface area contributed by atoms with E-state index in [0.29, 0.717) is 25.2 Å². The van der Waals surface area contributed by atoms with Crippen molar-refractivity contribution in [2.45, 2.75) is 19.1 Å². The van der Waals surface area contributed by atoms with Gasteiger partial charge in [-0.3, -0.25) is 0 Å². The van der Waals surface area contributed by atoms with Crippen molar-refractivity contribution in [1.29, 1.82) is 5.26 Å². The van der Waals surface area contributed by atoms with Gasteiger partial charge >= 0.3 is 0 Å². The number of hydrogen-bond donors (Lipinski definition) is 0. The molecular formula is C18H17NO2. The molecule has 0 aliphatic carbocycles. The van der Waals surface area contributed by atoms with Gasteiger partial charge in [0.25, 0.3) is 0 Å². The van der Waals surface area contributed by atoms with Crippen molar-refractivity contribution in [1.82, 2.24) is 0 Å². The molecule has 1 aliphatic heterocycles. The van der Waals surface area contributed by atoms with Gasteiger partial charge in [-0.25, -0.2) is 0 Å². The van der Waals surface area contributed by atoms with E-state index in [4.69, 9.17) is 9.47 Å². The standard InChI is InChI=1S/C18H17NO2/c1-14-6-2-5-9-17(14)18(20-10-11-21-18)12-15-7-3-4-8-16(15)13-19/h2-9H,10-12H2,1H3. The smallest absolute Gasteiger partial charge is 0.199 e. The van der Waals surface area contributed by atoms with Crippen LogP contribution in [0.2, 0.25) is 0 Å². The third-order valence-electron chi connectivity index (χ3n) is 3.87. The Morgan fingerprint density at radius 3 is 2.43 bits per heavy atom. The van der Waals surface area contributed by atoms with Crippen LogP contribution in [0.15, 0.2) is 48.5 Å². The van der Waals surface area contributed by atoms with Crippen LogP contribution in [0, 0.1) is 18.3 Å². The predicted molar refractivity (Wildman–Crippen MR) is 79.6 cm³/mol. The molecule has 0 radical (unpaired) electrons. The largest absolute Gasteiger partial charge is 0.343 e. The van der Waals surface area contributed by atoms with Crippen molar-refractivity contribution in [2.75, 3.05) is 13.2 Å². The number of nitriles is 1. The highest BCUT2D eigenvalue weighted by molar-refractivity contribution is 5.40. The molecule has 21 heavy (non-hydrogen) atoms. The van der Waals surface area contributed by atoms with Crippen LogP contribution in [-0.2, 0) is 21.7 Å². The number of hydrogen-bond acceptors (Lipinski definition) is 3. The van der Waals surface area contributed by atoms with Crippen LogP contribution < -0.4 is 0 Å². The number of ether oxygens (including phenoxy) is 2. The zero-order chi connectivity index (χ0) is 14.7. The predicted octanol–water partition coefficient (Wildman–Crippen LogP) is 3.31. The van der Waals surface area contributed by atoms with Crippen LogP contribution >= 0.6 is 0 Å². The highest BCUT2D eigenvalue weighted by Crippen LogP contribution is 2.37. The van der Waals surface area contributed by atoms with Crippen molar-refractivity contribution in [3.05, 3.63) is 70.8 Å². The Bertz CT molecular complexity index is 682. The maximum Gasteiger partial charge on any atom is 0.199 e. The SMILES string of the molecule is Cc1ccccc1C1(Cc2ccccc2C#N)OCCO1. The first kappa shape index (κ1) is 13.8. The van der Waals surface area contributed by atoms with E-state index in [1.807, 2.05) is 42.5 Å². The summed E-state index contributed by atoms with van der Waals surface area (Å²) < 4.78 is 12.0. The van der Waals surface area contributed by atoms with E-state index < -0.39 is 5.79 Å². The van der Waals surface area contributed by atoms with Crippen molar-refractivity contribution >= 4 is 0 Å². The summed E-state index contributed by atoms with van der Waals surface area (Å²) in [4.78, 5) is 0. The van der Waals surface area contributed by atoms with Gasteiger partial charge in [-0.05, 0) is 24.1 Å². The molecule has 1 aliphatic rings. The third-order valence-corrected chi connectivity index (χ3v) is 3.87. The molecule has 3 heteroatoms. The lowest BCUT2D eigenvalue weighted by atomic mass is 9.92. The van der Waals surface area contributed by atoms with Crippen molar-refractivity contribution in [2.24, 2.45) is 0 Å². The summed E-state index contributed by atoms with van der Waals surface area (Å²) in [5.41, 5.74) is 3.79. The zero-order valence-electron chi connectivity index (χ0n) is 12.0. The molecule has 0 atom stereocenters. The van der Waals surface area contributed by atoms with Crippen molar-refractivity contribution < 1.29 is 9.47 Å². The summed E-state index contributed by atoms with van der Waals surface area (Å²) in [6, 6.07) is 17.9. The number of aryl methyl sites for hydroxylation is 1. The van der Waals surface area contributed by atoms with Gasteiger partial charge in [0.2, 0.25) is 0 Å². The average Bonchev–Trinajstić information content (AvgIpc) is 2.98. The first-order valence-corrected chi connectivity index (χ1v) is 7.07. The van der Waals surface area contributed by atoms with Crippen LogP contribution in [0.4, 0.5) is 0 Å². The van der Waals surface area contributed by atoms with Crippen LogP contribution in [0.3, 0.4) is 0 Å². The molecule has 0 N–H and O–H groups in total. The molecule has 106 valence electrons. The molecule has 0 spiro atoms. The molecule has 0 saturated carbocycles. The maximum atomic E-state index is 9.27. The highest BCUT2D eigenvalue weighted by Gasteiger charge is 2.40. The van der Waals surface area contributed by atoms with E-state index in [1.165, 1.54) is 0 Å². The fraction of sp³-hybridized carbons (Fsp3) is 0.278. The Morgan fingerprint density at radius 2 is 1.71 bits per heavy atom. The number of nitrogens with zero attached hydrogens (tertiary/aromatic N) is 1. The molecule has 3 rings (SSSR count). The second kappa shape index (κ2) is 5.69. The first-order chi connectivity index (χ1) is 10.2. The van der Waals surface area contributed by atoms with Crippen LogP contribution in [-0.4, -0.2) is 13.2 Å². The Morgan fingerprint density at radius 1 is 1.05 bits per heavy atom. The number of benzene rings is 2. The summed E-state index contributed by atoms with van der Waals surface area (Å²) in [5, 5.41) is 9.27. The van der Waals surface area contributed by atoms with E-state index in [-0.39, 0.29) is 0 Å². The first-order valence-electron chi connectivity index (χ1n) is 7.07. The third kappa shape index (κ3) is 2.56. The molecule has 2 aromatic carbocycles. The second-order valence-corrected chi connectivity index (χ2v) is 5.21. The minimum Gasteiger partial charge on any atom is -0.343 e. The highest BCUT2D eigenvalue weighted by atomic mass is 16.7. The van der Waals surface area contributed by atoms with Gasteiger partial charge in [0.1, 0.15) is 0 Å². The maximum absolute atomic E-state index is 9.27. The molecular weight excluding hydrogens is 262 g/mol. The van der Waals surface area contributed by atoms with Gasteiger partial charge in [-0.15, -0.1) is 0 Å². The fourth-order valence-electron chi connectivity index (χ4n) is 2.84. The Kier molecular flexibility index (Phi) is 3.74. The lowest BCUT2D eigenvalue weighted by Gasteiger charge is -2.29. The summed E-state index contributed by atoms with van der Waals surface area (Å²) in [6.45, 7) is 3.20. The number of rotatable bonds is 3. The molecule has 0 aromatic heterocycles. The normalized spacial score (nSPS) is 16.6. The average molecular weight is 279 g/mol. The molecule has 3 nitrogen and oxygen atoms in total. The van der Waals surface area contributed by atoms with Gasteiger partial charge in [-0.2, -0.15) is 5.26 Å². The van der Waals surface area contributed by atoms with E-state index in [2.05, 4.69) is 19.1 Å². The summed E-state index contributed by atoms with van der Waals surface area (Å²) >= 11 is 0. The van der Waals surface area contributed by atoms with E-state index >= 15 is 0 Å². The zero-order valence-corrected chi connectivity index (χ0v) is 12.0. The Balaban J connectivity index is 2.03. The lowest BCUT2D eigenvalue weighted by molar-refractivity contribution is -0.165. The van der Waals surface area contributed by atoms with E-state index in [1.54, 1.807) is 0 Å². The minimum atomic E-state index is -0.779. The topological polar surface area (TPSA) is 42.2 Å². The molecule has 2 aromatic rings. The second-order valence-electron chi connectivity index (χ2n) is 5.21. The minimum absolute atomic E-state index is 0.543. The van der Waals surface area contributed by atoms with Gasteiger partial charge in [-0.1, -0.05) is 42.5 Å². The van der Waals surface area contributed by atoms with Crippen molar-refractivity contribution in [3.63, 3.8) is 0 Å². The van der Waals surface area contributed by atoms with Gasteiger partial charge in [0.15, 0.2) is 5.79 Å². The van der Waals surface area contributed by atoms with Gasteiger partial charge in [0.05, 0.1) is 24.8 Å². The van der Waals surface area contributed by atoms with Crippen LogP contribution in [0.25, 0.3) is 0 Å². The van der Waals surface area contributed by atoms with Crippen molar-refractivity contribution in [3.8, 4) is 6.07 Å². The fourth-order valence-corrected chi connectivity index (χ4v) is 2.84. The van der Waals surface area contributed by atoms with E-state index in [0.717, 1.165) is 16.7 Å². The Labute approximate surface area is 124 Å². The van der Waals surface area contributed by atoms with Crippen LogP contribution in [0.1, 0.15) is 22.3 Å². The summed E-state index contributed by atoms with van der Waals surface area (Å²) in [5.74, 6) is -0.779. The van der Waals surface area contributed by atoms with Gasteiger partial charge in [0, 0.05) is 12.0 Å². The molecule has 0 amide bonds. The molecule has 0 bridgehead atoms. The molecule has 0 unspecified atom stereocenters. The monoisotopic (exact) mass is 279 g/mol. The summed E-state index contributed by atoms with van der Waals surface area (Å²) in [7, 11) is 0. The lowest BCUT2D eigenvalue weighted by Crippen LogP contribution is -2.31. The Hall–Kier alpha value is -2.15. The quantitative estimate of drug-likeness (QED) is 0.865. The molecule has 1 fully saturated rings. The van der Waals surface area contributed by atoms with E-state index in [9.17, 15) is 5.26 Å². The molecule has 1 saturated heterocycles. The van der Waals surface area contributed by atoms with Gasteiger partial charge < -0.3 is 9.47 Å². The molecule has 1 heterocycles. The van der Waals surface area contributed by atoms with Crippen LogP contribution in [0.5, 0.6) is 0 Å².